The molecule has 0 amide bonds. The monoisotopic (exact) mass is 221 g/mol. The molecule has 0 spiro atoms. The van der Waals surface area contributed by atoms with E-state index in [-0.39, 0.29) is 6.04 Å². The molecular formula is C9H15N7. The third-order valence-corrected chi connectivity index (χ3v) is 2.67. The molecule has 2 rings (SSSR count). The molecule has 2 aromatic rings. The third-order valence-electron chi connectivity index (χ3n) is 2.67. The zero-order valence-electron chi connectivity index (χ0n) is 9.33. The lowest BCUT2D eigenvalue weighted by atomic mass is 10.0. The van der Waals surface area contributed by atoms with Gasteiger partial charge in [-0.2, -0.15) is 0 Å². The predicted molar refractivity (Wildman–Crippen MR) is 59.9 cm³/mol. The van der Waals surface area contributed by atoms with Crippen molar-refractivity contribution in [3.8, 4) is 0 Å². The summed E-state index contributed by atoms with van der Waals surface area (Å²) in [6.45, 7) is 4.80. The maximum Gasteiger partial charge on any atom is 0.200 e. The largest absolute Gasteiger partial charge is 0.366 e. The molecule has 0 aliphatic carbocycles. The minimum Gasteiger partial charge on any atom is -0.366 e. The molecule has 16 heavy (non-hydrogen) atoms. The van der Waals surface area contributed by atoms with Crippen molar-refractivity contribution in [2.24, 2.45) is 11.7 Å². The molecule has 2 atom stereocenters. The third kappa shape index (κ3) is 2.08. The van der Waals surface area contributed by atoms with Crippen LogP contribution in [0.4, 0.5) is 5.82 Å². The summed E-state index contributed by atoms with van der Waals surface area (Å²) < 4.78 is 1.39. The maximum absolute atomic E-state index is 5.60. The first-order valence-electron chi connectivity index (χ1n) is 5.22. The number of tetrazole rings is 1. The second kappa shape index (κ2) is 4.40. The lowest BCUT2D eigenvalue weighted by Gasteiger charge is -2.19. The van der Waals surface area contributed by atoms with Crippen LogP contribution in [0.2, 0.25) is 0 Å². The van der Waals surface area contributed by atoms with Gasteiger partial charge in [0.05, 0.1) is 0 Å². The van der Waals surface area contributed by atoms with Gasteiger partial charge in [-0.3, -0.25) is 0 Å². The average molecular weight is 221 g/mol. The van der Waals surface area contributed by atoms with E-state index < -0.39 is 0 Å². The average Bonchev–Trinajstić information content (AvgIpc) is 2.75. The van der Waals surface area contributed by atoms with E-state index >= 15 is 0 Å². The summed E-state index contributed by atoms with van der Waals surface area (Å²) in [5.74, 6) is 1.12. The van der Waals surface area contributed by atoms with Crippen LogP contribution in [0.3, 0.4) is 0 Å². The van der Waals surface area contributed by atoms with Crippen LogP contribution in [-0.2, 0) is 0 Å². The number of fused-ring (bicyclic) bond motifs is 1. The number of hydrogen-bond donors (Lipinski definition) is 2. The fourth-order valence-electron chi connectivity index (χ4n) is 1.31. The molecule has 7 heteroatoms. The van der Waals surface area contributed by atoms with E-state index in [4.69, 9.17) is 5.73 Å². The molecule has 0 radical (unpaired) electrons. The Hall–Kier alpha value is -1.76. The van der Waals surface area contributed by atoms with Gasteiger partial charge in [0.1, 0.15) is 5.82 Å². The molecule has 3 N–H and O–H groups in total. The smallest absolute Gasteiger partial charge is 0.200 e. The standard InChI is InChI=1S/C9H15N7/c1-6(5-10)7(2)11-8-3-4-9-12-14-15-16(9)13-8/h3-4,6-7H,5,10H2,1-2H3,(H,11,13). The van der Waals surface area contributed by atoms with E-state index in [2.05, 4.69) is 39.8 Å². The number of aromatic nitrogens is 5. The van der Waals surface area contributed by atoms with E-state index in [0.717, 1.165) is 5.82 Å². The Bertz CT molecular complexity index is 466. The summed E-state index contributed by atoms with van der Waals surface area (Å²) in [5, 5.41) is 18.5. The number of rotatable bonds is 4. The van der Waals surface area contributed by atoms with E-state index in [1.54, 1.807) is 0 Å². The fraction of sp³-hybridized carbons (Fsp3) is 0.556. The summed E-state index contributed by atoms with van der Waals surface area (Å²) in [6.07, 6.45) is 0. The van der Waals surface area contributed by atoms with Crippen molar-refractivity contribution >= 4 is 11.5 Å². The lowest BCUT2D eigenvalue weighted by Crippen LogP contribution is -2.29. The SMILES string of the molecule is CC(CN)C(C)Nc1ccc2nnnn2n1. The van der Waals surface area contributed by atoms with Crippen molar-refractivity contribution in [3.05, 3.63) is 12.1 Å². The van der Waals surface area contributed by atoms with Gasteiger partial charge in [0.25, 0.3) is 0 Å². The van der Waals surface area contributed by atoms with Gasteiger partial charge in [-0.05, 0) is 41.9 Å². The number of anilines is 1. The minimum atomic E-state index is 0.256. The molecule has 2 heterocycles. The van der Waals surface area contributed by atoms with Crippen LogP contribution in [0.25, 0.3) is 5.65 Å². The first-order chi connectivity index (χ1) is 7.70. The van der Waals surface area contributed by atoms with Gasteiger partial charge < -0.3 is 11.1 Å². The Morgan fingerprint density at radius 2 is 2.25 bits per heavy atom. The molecule has 7 nitrogen and oxygen atoms in total. The highest BCUT2D eigenvalue weighted by Crippen LogP contribution is 2.09. The number of nitrogens with one attached hydrogen (secondary N) is 1. The van der Waals surface area contributed by atoms with Crippen LogP contribution >= 0.6 is 0 Å². The van der Waals surface area contributed by atoms with Gasteiger partial charge in [0, 0.05) is 6.04 Å². The molecule has 0 fully saturated rings. The molecule has 2 unspecified atom stereocenters. The molecule has 0 saturated heterocycles. The summed E-state index contributed by atoms with van der Waals surface area (Å²) in [7, 11) is 0. The van der Waals surface area contributed by atoms with Gasteiger partial charge in [0.2, 0.25) is 0 Å². The second-order valence-corrected chi connectivity index (χ2v) is 3.89. The van der Waals surface area contributed by atoms with Crippen molar-refractivity contribution in [3.63, 3.8) is 0 Å². The van der Waals surface area contributed by atoms with E-state index in [0.29, 0.717) is 18.1 Å². The highest BCUT2D eigenvalue weighted by molar-refractivity contribution is 5.42. The van der Waals surface area contributed by atoms with Crippen molar-refractivity contribution in [1.82, 2.24) is 25.3 Å². The van der Waals surface area contributed by atoms with E-state index in [9.17, 15) is 0 Å². The quantitative estimate of drug-likeness (QED) is 0.749. The van der Waals surface area contributed by atoms with Gasteiger partial charge >= 0.3 is 0 Å². The number of nitrogens with zero attached hydrogens (tertiary/aromatic N) is 5. The zero-order valence-corrected chi connectivity index (χ0v) is 9.33. The summed E-state index contributed by atoms with van der Waals surface area (Å²) >= 11 is 0. The van der Waals surface area contributed by atoms with E-state index in [1.807, 2.05) is 12.1 Å². The summed E-state index contributed by atoms with van der Waals surface area (Å²) in [4.78, 5) is 0. The van der Waals surface area contributed by atoms with Crippen molar-refractivity contribution in [2.75, 3.05) is 11.9 Å². The molecule has 2 aromatic heterocycles. The Morgan fingerprint density at radius 3 is 3.00 bits per heavy atom. The first kappa shape index (κ1) is 10.7. The van der Waals surface area contributed by atoms with Crippen LogP contribution < -0.4 is 11.1 Å². The molecule has 0 aliphatic heterocycles. The molecule has 0 saturated carbocycles. The molecule has 0 aromatic carbocycles. The normalized spacial score (nSPS) is 14.9. The highest BCUT2D eigenvalue weighted by Gasteiger charge is 2.11. The van der Waals surface area contributed by atoms with Gasteiger partial charge in [-0.25, -0.2) is 0 Å². The Morgan fingerprint density at radius 1 is 1.44 bits per heavy atom. The van der Waals surface area contributed by atoms with Crippen LogP contribution in [0, 0.1) is 5.92 Å². The zero-order chi connectivity index (χ0) is 11.5. The molecule has 0 bridgehead atoms. The Kier molecular flexibility index (Phi) is 2.95. The number of nitrogens with two attached hydrogens (primary N) is 1. The van der Waals surface area contributed by atoms with Gasteiger partial charge in [0.15, 0.2) is 5.65 Å². The Balaban J connectivity index is 2.14. The van der Waals surface area contributed by atoms with Gasteiger partial charge in [-0.1, -0.05) is 6.92 Å². The topological polar surface area (TPSA) is 94.0 Å². The number of hydrogen-bond acceptors (Lipinski definition) is 6. The summed E-state index contributed by atoms with van der Waals surface area (Å²) in [6, 6.07) is 3.92. The fourth-order valence-corrected chi connectivity index (χ4v) is 1.31. The lowest BCUT2D eigenvalue weighted by molar-refractivity contribution is 0.518. The highest BCUT2D eigenvalue weighted by atomic mass is 15.6. The van der Waals surface area contributed by atoms with Crippen molar-refractivity contribution in [1.29, 1.82) is 0 Å². The van der Waals surface area contributed by atoms with Crippen LogP contribution in [0.15, 0.2) is 12.1 Å². The maximum atomic E-state index is 5.60. The molecule has 0 aliphatic rings. The predicted octanol–water partition coefficient (Wildman–Crippen LogP) is -0.0855. The minimum absolute atomic E-state index is 0.256. The second-order valence-electron chi connectivity index (χ2n) is 3.89. The molecular weight excluding hydrogens is 206 g/mol. The van der Waals surface area contributed by atoms with Crippen molar-refractivity contribution in [2.45, 2.75) is 19.9 Å². The van der Waals surface area contributed by atoms with Crippen LogP contribution in [0.1, 0.15) is 13.8 Å². The Labute approximate surface area is 93.0 Å². The van der Waals surface area contributed by atoms with Crippen LogP contribution in [-0.4, -0.2) is 37.8 Å². The van der Waals surface area contributed by atoms with E-state index in [1.165, 1.54) is 4.63 Å². The molecule has 86 valence electrons. The first-order valence-corrected chi connectivity index (χ1v) is 5.22. The summed E-state index contributed by atoms with van der Waals surface area (Å²) in [5.41, 5.74) is 6.23. The van der Waals surface area contributed by atoms with Gasteiger partial charge in [-0.15, -0.1) is 14.8 Å². The van der Waals surface area contributed by atoms with Crippen molar-refractivity contribution < 1.29 is 0 Å². The van der Waals surface area contributed by atoms with Crippen LogP contribution in [0.5, 0.6) is 0 Å².